The molecule has 154 valence electrons. The molecule has 0 radical (unpaired) electrons. The highest BCUT2D eigenvalue weighted by atomic mass is 32.1. The number of rotatable bonds is 6. The summed E-state index contributed by atoms with van der Waals surface area (Å²) in [7, 11) is 0. The molecule has 2 N–H and O–H groups in total. The summed E-state index contributed by atoms with van der Waals surface area (Å²) < 4.78 is 10.1. The normalized spacial score (nSPS) is 15.3. The Morgan fingerprint density at radius 2 is 2.07 bits per heavy atom. The van der Waals surface area contributed by atoms with Crippen LogP contribution in [-0.2, 0) is 27.1 Å². The first kappa shape index (κ1) is 20.7. The van der Waals surface area contributed by atoms with E-state index in [2.05, 4.69) is 22.4 Å². The molecule has 0 spiro atoms. The number of H-pyrrole nitrogens is 1. The molecule has 0 aliphatic heterocycles. The molecule has 2 aromatic heterocycles. The number of amides is 1. The summed E-state index contributed by atoms with van der Waals surface area (Å²) in [6.45, 7) is 3.55. The largest absolute Gasteiger partial charge is 0.462 e. The summed E-state index contributed by atoms with van der Waals surface area (Å²) in [6.07, 6.45) is 2.56. The molecule has 29 heavy (non-hydrogen) atoms. The molecule has 0 aromatic carbocycles. The van der Waals surface area contributed by atoms with Gasteiger partial charge in [-0.3, -0.25) is 9.59 Å². The third kappa shape index (κ3) is 4.89. The maximum Gasteiger partial charge on any atom is 0.359 e. The summed E-state index contributed by atoms with van der Waals surface area (Å²) in [5.74, 6) is -1.39. The van der Waals surface area contributed by atoms with Crippen LogP contribution in [0.15, 0.2) is 16.9 Å². The molecule has 1 amide bonds. The van der Waals surface area contributed by atoms with Gasteiger partial charge in [-0.25, -0.2) is 14.7 Å². The van der Waals surface area contributed by atoms with Crippen molar-refractivity contribution in [3.63, 3.8) is 0 Å². The first-order valence-corrected chi connectivity index (χ1v) is 10.0. The molecule has 2 heterocycles. The fourth-order valence-corrected chi connectivity index (χ4v) is 4.50. The monoisotopic (exact) mass is 419 g/mol. The van der Waals surface area contributed by atoms with Gasteiger partial charge in [0.15, 0.2) is 12.3 Å². The quantitative estimate of drug-likeness (QED) is 0.685. The molecule has 0 saturated heterocycles. The van der Waals surface area contributed by atoms with E-state index in [-0.39, 0.29) is 12.3 Å². The van der Waals surface area contributed by atoms with Gasteiger partial charge in [0.1, 0.15) is 5.00 Å². The van der Waals surface area contributed by atoms with Gasteiger partial charge in [0, 0.05) is 10.9 Å². The van der Waals surface area contributed by atoms with Crippen molar-refractivity contribution >= 4 is 34.2 Å². The highest BCUT2D eigenvalue weighted by Gasteiger charge is 2.29. The fourth-order valence-electron chi connectivity index (χ4n) is 3.08. The van der Waals surface area contributed by atoms with Gasteiger partial charge in [-0.2, -0.15) is 5.10 Å². The number of thiophene rings is 1. The van der Waals surface area contributed by atoms with Crippen LogP contribution in [0.1, 0.15) is 51.6 Å². The van der Waals surface area contributed by atoms with Crippen LogP contribution in [0.5, 0.6) is 0 Å². The van der Waals surface area contributed by atoms with E-state index in [1.807, 2.05) is 0 Å². The lowest BCUT2D eigenvalue weighted by Crippen LogP contribution is -2.23. The standard InChI is InChI=1S/C19H21N3O6S/c1-3-27-19(26)16-11-5-4-10(2)8-13(11)29-17(16)20-15(24)9-28-18(25)12-6-7-14(23)22-21-12/h6-7,10H,3-5,8-9H2,1-2H3,(H,20,24)(H,22,23)/t10-/m0/s1. The van der Waals surface area contributed by atoms with Crippen molar-refractivity contribution in [3.05, 3.63) is 44.2 Å². The zero-order valence-corrected chi connectivity index (χ0v) is 16.9. The van der Waals surface area contributed by atoms with E-state index in [1.165, 1.54) is 17.4 Å². The molecule has 0 saturated carbocycles. The first-order valence-electron chi connectivity index (χ1n) is 9.23. The molecule has 9 nitrogen and oxygen atoms in total. The third-order valence-electron chi connectivity index (χ3n) is 4.47. The summed E-state index contributed by atoms with van der Waals surface area (Å²) in [5.41, 5.74) is 0.740. The van der Waals surface area contributed by atoms with E-state index in [1.54, 1.807) is 6.92 Å². The second kappa shape index (κ2) is 8.99. The lowest BCUT2D eigenvalue weighted by molar-refractivity contribution is -0.119. The summed E-state index contributed by atoms with van der Waals surface area (Å²) in [5, 5.41) is 8.73. The van der Waals surface area contributed by atoms with Gasteiger partial charge in [0.2, 0.25) is 0 Å². The van der Waals surface area contributed by atoms with E-state index in [9.17, 15) is 19.2 Å². The third-order valence-corrected chi connectivity index (χ3v) is 5.64. The summed E-state index contributed by atoms with van der Waals surface area (Å²) >= 11 is 1.36. The van der Waals surface area contributed by atoms with Crippen LogP contribution in [-0.4, -0.2) is 41.3 Å². The Hall–Kier alpha value is -3.01. The molecule has 1 aliphatic carbocycles. The molecule has 0 bridgehead atoms. The summed E-state index contributed by atoms with van der Waals surface area (Å²) in [4.78, 5) is 48.7. The molecule has 1 atom stereocenters. The maximum atomic E-state index is 12.5. The minimum Gasteiger partial charge on any atom is -0.462 e. The SMILES string of the molecule is CCOC(=O)c1c(NC(=O)COC(=O)c2ccc(=O)[nH]n2)sc2c1CC[C@H](C)C2. The zero-order chi connectivity index (χ0) is 21.0. The first-order chi connectivity index (χ1) is 13.9. The highest BCUT2D eigenvalue weighted by Crippen LogP contribution is 2.40. The van der Waals surface area contributed by atoms with Gasteiger partial charge in [0.25, 0.3) is 11.5 Å². The average Bonchev–Trinajstić information content (AvgIpc) is 3.03. The van der Waals surface area contributed by atoms with Crippen LogP contribution in [0.25, 0.3) is 0 Å². The smallest absolute Gasteiger partial charge is 0.359 e. The van der Waals surface area contributed by atoms with Crippen molar-refractivity contribution in [2.45, 2.75) is 33.1 Å². The molecular weight excluding hydrogens is 398 g/mol. The van der Waals surface area contributed by atoms with Gasteiger partial charge in [-0.1, -0.05) is 6.92 Å². The predicted octanol–water partition coefficient (Wildman–Crippen LogP) is 1.93. The van der Waals surface area contributed by atoms with Crippen LogP contribution < -0.4 is 10.9 Å². The number of esters is 2. The van der Waals surface area contributed by atoms with E-state index in [4.69, 9.17) is 9.47 Å². The van der Waals surface area contributed by atoms with Crippen molar-refractivity contribution < 1.29 is 23.9 Å². The van der Waals surface area contributed by atoms with Crippen molar-refractivity contribution in [3.8, 4) is 0 Å². The van der Waals surface area contributed by atoms with E-state index < -0.39 is 30.0 Å². The second-order valence-electron chi connectivity index (χ2n) is 6.71. The Labute approximate surface area is 170 Å². The zero-order valence-electron chi connectivity index (χ0n) is 16.1. The van der Waals surface area contributed by atoms with Crippen molar-refractivity contribution in [2.75, 3.05) is 18.5 Å². The lowest BCUT2D eigenvalue weighted by Gasteiger charge is -2.18. The number of aromatic amines is 1. The highest BCUT2D eigenvalue weighted by molar-refractivity contribution is 7.17. The topological polar surface area (TPSA) is 127 Å². The molecule has 0 fully saturated rings. The number of carbonyl (C=O) groups is 3. The molecule has 10 heteroatoms. The number of ether oxygens (including phenoxy) is 2. The van der Waals surface area contributed by atoms with Crippen molar-refractivity contribution in [1.82, 2.24) is 10.2 Å². The van der Waals surface area contributed by atoms with Crippen LogP contribution >= 0.6 is 11.3 Å². The Bertz CT molecular complexity index is 976. The molecule has 0 unspecified atom stereocenters. The number of carbonyl (C=O) groups excluding carboxylic acids is 3. The number of hydrogen-bond donors (Lipinski definition) is 2. The van der Waals surface area contributed by atoms with E-state index in [0.717, 1.165) is 35.8 Å². The number of nitrogens with zero attached hydrogens (tertiary/aromatic N) is 1. The van der Waals surface area contributed by atoms with Crippen LogP contribution in [0.3, 0.4) is 0 Å². The fraction of sp³-hybridized carbons (Fsp3) is 0.421. The number of hydrogen-bond acceptors (Lipinski definition) is 8. The van der Waals surface area contributed by atoms with Gasteiger partial charge >= 0.3 is 11.9 Å². The Morgan fingerprint density at radius 1 is 1.28 bits per heavy atom. The molecule has 1 aliphatic rings. The summed E-state index contributed by atoms with van der Waals surface area (Å²) in [6, 6.07) is 2.33. The van der Waals surface area contributed by atoms with Gasteiger partial charge < -0.3 is 14.8 Å². The molecular formula is C19H21N3O6S. The number of anilines is 1. The predicted molar refractivity (Wildman–Crippen MR) is 105 cm³/mol. The minimum atomic E-state index is -0.846. The molecule has 2 aromatic rings. The van der Waals surface area contributed by atoms with Crippen molar-refractivity contribution in [1.29, 1.82) is 0 Å². The Kier molecular flexibility index (Phi) is 6.42. The Balaban J connectivity index is 1.70. The number of nitrogens with one attached hydrogen (secondary N) is 2. The van der Waals surface area contributed by atoms with Crippen molar-refractivity contribution in [2.24, 2.45) is 5.92 Å². The van der Waals surface area contributed by atoms with Crippen LogP contribution in [0, 0.1) is 5.92 Å². The number of fused-ring (bicyclic) bond motifs is 1. The van der Waals surface area contributed by atoms with Gasteiger partial charge in [0.05, 0.1) is 12.2 Å². The molecule has 3 rings (SSSR count). The minimum absolute atomic E-state index is 0.120. The van der Waals surface area contributed by atoms with Crippen LogP contribution in [0.2, 0.25) is 0 Å². The average molecular weight is 419 g/mol. The lowest BCUT2D eigenvalue weighted by atomic mass is 9.88. The van der Waals surface area contributed by atoms with E-state index >= 15 is 0 Å². The Morgan fingerprint density at radius 3 is 2.76 bits per heavy atom. The van der Waals surface area contributed by atoms with E-state index in [0.29, 0.717) is 16.5 Å². The van der Waals surface area contributed by atoms with Crippen LogP contribution in [0.4, 0.5) is 5.00 Å². The second-order valence-corrected chi connectivity index (χ2v) is 7.81. The van der Waals surface area contributed by atoms with Gasteiger partial charge in [-0.05, 0) is 43.7 Å². The maximum absolute atomic E-state index is 12.5. The number of aromatic nitrogens is 2. The van der Waals surface area contributed by atoms with Gasteiger partial charge in [-0.15, -0.1) is 11.3 Å².